The van der Waals surface area contributed by atoms with E-state index in [0.29, 0.717) is 6.04 Å². The molecule has 0 saturated carbocycles. The Morgan fingerprint density at radius 1 is 1.15 bits per heavy atom. The van der Waals surface area contributed by atoms with Crippen LogP contribution in [-0.2, 0) is 11.3 Å². The van der Waals surface area contributed by atoms with Crippen molar-refractivity contribution in [1.82, 2.24) is 14.7 Å². The first-order chi connectivity index (χ1) is 12.6. The van der Waals surface area contributed by atoms with Crippen LogP contribution >= 0.6 is 11.6 Å². The summed E-state index contributed by atoms with van der Waals surface area (Å²) in [4.78, 5) is 19.4. The number of carbonyl (C=O) groups excluding carboxylic acids is 1. The van der Waals surface area contributed by atoms with Gasteiger partial charge < -0.3 is 9.80 Å². The Kier molecular flexibility index (Phi) is 7.35. The lowest BCUT2D eigenvalue weighted by Gasteiger charge is -2.40. The molecule has 144 valence electrons. The Hall–Kier alpha value is -1.10. The molecule has 26 heavy (non-hydrogen) atoms. The molecular weight excluding hydrogens is 346 g/mol. The molecule has 2 aliphatic heterocycles. The lowest BCUT2D eigenvalue weighted by atomic mass is 10.0. The van der Waals surface area contributed by atoms with Gasteiger partial charge in [0.15, 0.2) is 0 Å². The van der Waals surface area contributed by atoms with Crippen LogP contribution in [0.1, 0.15) is 44.6 Å². The molecule has 1 amide bonds. The Balaban J connectivity index is 1.55. The molecule has 2 fully saturated rings. The van der Waals surface area contributed by atoms with Crippen LogP contribution in [0.15, 0.2) is 24.3 Å². The molecule has 0 aromatic heterocycles. The van der Waals surface area contributed by atoms with Gasteiger partial charge in [0.05, 0.1) is 0 Å². The minimum Gasteiger partial charge on any atom is -0.337 e. The van der Waals surface area contributed by atoms with E-state index in [1.165, 1.54) is 37.9 Å². The predicted octanol–water partition coefficient (Wildman–Crippen LogP) is 3.64. The second-order valence-corrected chi connectivity index (χ2v) is 8.21. The van der Waals surface area contributed by atoms with Crippen LogP contribution in [0.3, 0.4) is 0 Å². The van der Waals surface area contributed by atoms with Crippen LogP contribution in [0.4, 0.5) is 0 Å². The molecule has 3 rings (SSSR count). The van der Waals surface area contributed by atoms with E-state index in [4.69, 9.17) is 11.6 Å². The van der Waals surface area contributed by atoms with Gasteiger partial charge in [-0.3, -0.25) is 9.69 Å². The Bertz CT molecular complexity index is 588. The number of rotatable bonds is 6. The highest BCUT2D eigenvalue weighted by Crippen LogP contribution is 2.20. The third-order valence-corrected chi connectivity index (χ3v) is 5.96. The maximum absolute atomic E-state index is 12.3. The summed E-state index contributed by atoms with van der Waals surface area (Å²) in [6.45, 7) is 8.97. The molecule has 0 unspecified atom stereocenters. The molecule has 1 aromatic rings. The number of benzene rings is 1. The van der Waals surface area contributed by atoms with Crippen molar-refractivity contribution in [2.45, 2.75) is 51.6 Å². The second-order valence-electron chi connectivity index (χ2n) is 7.78. The summed E-state index contributed by atoms with van der Waals surface area (Å²) in [5, 5.41) is 0.794. The van der Waals surface area contributed by atoms with Crippen LogP contribution < -0.4 is 0 Å². The lowest BCUT2D eigenvalue weighted by Crippen LogP contribution is -2.51. The first-order valence-electron chi connectivity index (χ1n) is 10.1. The standard InChI is InChI=1S/C21H32ClN3O/c1-18(26)25(14-13-23-10-3-2-4-11-23)21-9-6-12-24(17-21)16-19-7-5-8-20(22)15-19/h5,7-8,15,21H,2-4,6,9-14,16-17H2,1H3/t21-/m0/s1. The van der Waals surface area contributed by atoms with Crippen molar-refractivity contribution in [1.29, 1.82) is 0 Å². The maximum atomic E-state index is 12.3. The van der Waals surface area contributed by atoms with Gasteiger partial charge in [-0.25, -0.2) is 0 Å². The van der Waals surface area contributed by atoms with Gasteiger partial charge in [-0.05, 0) is 63.0 Å². The summed E-state index contributed by atoms with van der Waals surface area (Å²) in [6, 6.07) is 8.45. The van der Waals surface area contributed by atoms with E-state index < -0.39 is 0 Å². The number of piperidine rings is 2. The summed E-state index contributed by atoms with van der Waals surface area (Å²) < 4.78 is 0. The normalized spacial score (nSPS) is 22.3. The highest BCUT2D eigenvalue weighted by atomic mass is 35.5. The van der Waals surface area contributed by atoms with Gasteiger partial charge in [-0.1, -0.05) is 30.2 Å². The summed E-state index contributed by atoms with van der Waals surface area (Å²) in [5.74, 6) is 0.219. The van der Waals surface area contributed by atoms with Crippen LogP contribution in [0.25, 0.3) is 0 Å². The minimum atomic E-state index is 0.219. The molecule has 5 heteroatoms. The van der Waals surface area contributed by atoms with Crippen LogP contribution in [0.5, 0.6) is 0 Å². The van der Waals surface area contributed by atoms with Gasteiger partial charge in [0, 0.05) is 44.2 Å². The van der Waals surface area contributed by atoms with Gasteiger partial charge in [-0.2, -0.15) is 0 Å². The monoisotopic (exact) mass is 377 g/mol. The third-order valence-electron chi connectivity index (χ3n) is 5.73. The molecule has 0 N–H and O–H groups in total. The van der Waals surface area contributed by atoms with E-state index >= 15 is 0 Å². The number of hydrogen-bond donors (Lipinski definition) is 0. The third kappa shape index (κ3) is 5.70. The molecule has 1 aromatic carbocycles. The van der Waals surface area contributed by atoms with Gasteiger partial charge in [0.2, 0.25) is 5.91 Å². The van der Waals surface area contributed by atoms with E-state index in [1.807, 2.05) is 18.2 Å². The average Bonchev–Trinajstić information content (AvgIpc) is 2.63. The first kappa shape index (κ1) is 19.7. The molecule has 0 aliphatic carbocycles. The Morgan fingerprint density at radius 3 is 2.65 bits per heavy atom. The highest BCUT2D eigenvalue weighted by Gasteiger charge is 2.27. The molecule has 2 aliphatic rings. The van der Waals surface area contributed by atoms with E-state index in [1.54, 1.807) is 6.92 Å². The van der Waals surface area contributed by atoms with E-state index in [0.717, 1.165) is 50.6 Å². The highest BCUT2D eigenvalue weighted by molar-refractivity contribution is 6.30. The fourth-order valence-corrected chi connectivity index (χ4v) is 4.56. The summed E-state index contributed by atoms with van der Waals surface area (Å²) in [7, 11) is 0. The first-order valence-corrected chi connectivity index (χ1v) is 10.5. The Labute approximate surface area is 163 Å². The number of hydrogen-bond acceptors (Lipinski definition) is 3. The molecule has 2 heterocycles. The number of carbonyl (C=O) groups is 1. The van der Waals surface area contributed by atoms with Crippen molar-refractivity contribution in [3.05, 3.63) is 34.9 Å². The summed E-state index contributed by atoms with van der Waals surface area (Å²) in [5.41, 5.74) is 1.25. The topological polar surface area (TPSA) is 26.8 Å². The maximum Gasteiger partial charge on any atom is 0.219 e. The van der Waals surface area contributed by atoms with E-state index in [9.17, 15) is 4.79 Å². The van der Waals surface area contributed by atoms with Crippen LogP contribution in [0.2, 0.25) is 5.02 Å². The number of amides is 1. The average molecular weight is 378 g/mol. The summed E-state index contributed by atoms with van der Waals surface area (Å²) in [6.07, 6.45) is 6.23. The largest absolute Gasteiger partial charge is 0.337 e. The minimum absolute atomic E-state index is 0.219. The lowest BCUT2D eigenvalue weighted by molar-refractivity contribution is -0.132. The fraction of sp³-hybridized carbons (Fsp3) is 0.667. The predicted molar refractivity (Wildman–Crippen MR) is 107 cm³/mol. The number of nitrogens with zero attached hydrogens (tertiary/aromatic N) is 3. The molecule has 0 radical (unpaired) electrons. The Morgan fingerprint density at radius 2 is 1.92 bits per heavy atom. The van der Waals surface area contributed by atoms with Crippen LogP contribution in [0, 0.1) is 0 Å². The quantitative estimate of drug-likeness (QED) is 0.757. The second kappa shape index (κ2) is 9.72. The van der Waals surface area contributed by atoms with Crippen molar-refractivity contribution < 1.29 is 4.79 Å². The molecule has 0 spiro atoms. The SMILES string of the molecule is CC(=O)N(CCN1CCCCC1)[C@H]1CCCN(Cc2cccc(Cl)c2)C1. The van der Waals surface area contributed by atoms with Crippen molar-refractivity contribution in [2.75, 3.05) is 39.3 Å². The number of likely N-dealkylation sites (tertiary alicyclic amines) is 2. The van der Waals surface area contributed by atoms with Crippen molar-refractivity contribution >= 4 is 17.5 Å². The summed E-state index contributed by atoms with van der Waals surface area (Å²) >= 11 is 6.12. The smallest absolute Gasteiger partial charge is 0.219 e. The van der Waals surface area contributed by atoms with Gasteiger partial charge in [-0.15, -0.1) is 0 Å². The van der Waals surface area contributed by atoms with Gasteiger partial charge >= 0.3 is 0 Å². The van der Waals surface area contributed by atoms with E-state index in [2.05, 4.69) is 20.8 Å². The van der Waals surface area contributed by atoms with Crippen LogP contribution in [-0.4, -0.2) is 65.9 Å². The van der Waals surface area contributed by atoms with Gasteiger partial charge in [0.1, 0.15) is 0 Å². The zero-order valence-corrected chi connectivity index (χ0v) is 16.8. The molecule has 4 nitrogen and oxygen atoms in total. The molecule has 2 saturated heterocycles. The van der Waals surface area contributed by atoms with E-state index in [-0.39, 0.29) is 5.91 Å². The van der Waals surface area contributed by atoms with Crippen molar-refractivity contribution in [3.8, 4) is 0 Å². The number of halogens is 1. The molecule has 1 atom stereocenters. The molecule has 0 bridgehead atoms. The van der Waals surface area contributed by atoms with Gasteiger partial charge in [0.25, 0.3) is 0 Å². The van der Waals surface area contributed by atoms with Crippen molar-refractivity contribution in [3.63, 3.8) is 0 Å². The molecular formula is C21H32ClN3O. The zero-order valence-electron chi connectivity index (χ0n) is 16.0. The van der Waals surface area contributed by atoms with Crippen molar-refractivity contribution in [2.24, 2.45) is 0 Å². The fourth-order valence-electron chi connectivity index (χ4n) is 4.35. The zero-order chi connectivity index (χ0) is 18.4.